The molecule has 1 aromatic carbocycles. The lowest BCUT2D eigenvalue weighted by Gasteiger charge is -2.12. The molecular weight excluding hydrogens is 248 g/mol. The van der Waals surface area contributed by atoms with Crippen molar-refractivity contribution >= 4 is 12.2 Å². The molecule has 0 saturated carbocycles. The molecule has 3 heteroatoms. The molecule has 2 rings (SSSR count). The number of rotatable bonds is 6. The first-order chi connectivity index (χ1) is 9.75. The van der Waals surface area contributed by atoms with Gasteiger partial charge in [0.05, 0.1) is 5.69 Å². The van der Waals surface area contributed by atoms with E-state index in [0.29, 0.717) is 6.61 Å². The molecule has 0 fully saturated rings. The van der Waals surface area contributed by atoms with E-state index in [1.54, 1.807) is 6.20 Å². The monoisotopic (exact) mass is 268 g/mol. The molecular formula is C17H20N2O. The lowest BCUT2D eigenvalue weighted by Crippen LogP contribution is -2.19. The van der Waals surface area contributed by atoms with Gasteiger partial charge in [-0.3, -0.25) is 4.98 Å². The first-order valence-electron chi connectivity index (χ1n) is 6.71. The maximum Gasteiger partial charge on any atom is 0.126 e. The quantitative estimate of drug-likeness (QED) is 0.804. The van der Waals surface area contributed by atoms with Crippen molar-refractivity contribution in [1.82, 2.24) is 9.88 Å². The fraction of sp³-hybridized carbons (Fsp3) is 0.235. The number of para-hydroxylation sites is 1. The van der Waals surface area contributed by atoms with Crippen LogP contribution >= 0.6 is 0 Å². The van der Waals surface area contributed by atoms with E-state index in [1.165, 1.54) is 0 Å². The van der Waals surface area contributed by atoms with E-state index in [-0.39, 0.29) is 0 Å². The Morgan fingerprint density at radius 2 is 1.85 bits per heavy atom. The third kappa shape index (κ3) is 4.52. The number of hydrogen-bond acceptors (Lipinski definition) is 3. The highest BCUT2D eigenvalue weighted by Crippen LogP contribution is 2.20. The van der Waals surface area contributed by atoms with Crippen molar-refractivity contribution in [3.05, 3.63) is 59.9 Å². The maximum absolute atomic E-state index is 5.82. The lowest BCUT2D eigenvalue weighted by atomic mass is 10.1. The minimum atomic E-state index is 0.682. The van der Waals surface area contributed by atoms with Crippen molar-refractivity contribution in [3.8, 4) is 5.75 Å². The highest BCUT2D eigenvalue weighted by molar-refractivity contribution is 5.71. The number of hydrogen-bond donors (Lipinski definition) is 0. The summed E-state index contributed by atoms with van der Waals surface area (Å²) >= 11 is 0. The maximum atomic E-state index is 5.82. The molecule has 104 valence electrons. The highest BCUT2D eigenvalue weighted by atomic mass is 16.5. The van der Waals surface area contributed by atoms with Crippen LogP contribution in [0.15, 0.2) is 48.7 Å². The Labute approximate surface area is 120 Å². The summed E-state index contributed by atoms with van der Waals surface area (Å²) in [5.41, 5.74) is 2.01. The van der Waals surface area contributed by atoms with E-state index in [4.69, 9.17) is 4.74 Å². The van der Waals surface area contributed by atoms with Gasteiger partial charge in [0.15, 0.2) is 0 Å². The third-order valence-corrected chi connectivity index (χ3v) is 2.84. The topological polar surface area (TPSA) is 25.4 Å². The van der Waals surface area contributed by atoms with Crippen LogP contribution in [0, 0.1) is 0 Å². The summed E-state index contributed by atoms with van der Waals surface area (Å²) in [6.07, 6.45) is 5.82. The first-order valence-corrected chi connectivity index (χ1v) is 6.71. The average molecular weight is 268 g/mol. The minimum absolute atomic E-state index is 0.682. The number of ether oxygens (including phenoxy) is 1. The predicted octanol–water partition coefficient (Wildman–Crippen LogP) is 3.19. The van der Waals surface area contributed by atoms with Gasteiger partial charge in [-0.1, -0.05) is 24.3 Å². The van der Waals surface area contributed by atoms with Crippen LogP contribution in [0.4, 0.5) is 0 Å². The number of likely N-dealkylation sites (N-methyl/N-ethyl adjacent to an activating group) is 1. The van der Waals surface area contributed by atoms with Crippen LogP contribution < -0.4 is 4.74 Å². The summed E-state index contributed by atoms with van der Waals surface area (Å²) < 4.78 is 5.82. The molecule has 20 heavy (non-hydrogen) atoms. The molecule has 3 nitrogen and oxygen atoms in total. The van der Waals surface area contributed by atoms with Crippen molar-refractivity contribution in [2.75, 3.05) is 27.2 Å². The normalized spacial score (nSPS) is 11.2. The fourth-order valence-electron chi connectivity index (χ4n) is 1.74. The summed E-state index contributed by atoms with van der Waals surface area (Å²) in [5.74, 6) is 0.904. The number of benzene rings is 1. The largest absolute Gasteiger partial charge is 0.492 e. The van der Waals surface area contributed by atoms with Crippen molar-refractivity contribution in [3.63, 3.8) is 0 Å². The summed E-state index contributed by atoms with van der Waals surface area (Å²) in [7, 11) is 4.08. The van der Waals surface area contributed by atoms with Gasteiger partial charge in [-0.15, -0.1) is 0 Å². The molecule has 0 N–H and O–H groups in total. The molecule has 0 unspecified atom stereocenters. The van der Waals surface area contributed by atoms with E-state index in [2.05, 4.69) is 9.88 Å². The summed E-state index contributed by atoms with van der Waals surface area (Å²) in [6, 6.07) is 13.9. The second-order valence-electron chi connectivity index (χ2n) is 4.78. The Bertz CT molecular complexity index is 550. The van der Waals surface area contributed by atoms with Gasteiger partial charge < -0.3 is 9.64 Å². The third-order valence-electron chi connectivity index (χ3n) is 2.84. The van der Waals surface area contributed by atoms with Crippen molar-refractivity contribution in [2.45, 2.75) is 0 Å². The zero-order valence-electron chi connectivity index (χ0n) is 12.0. The number of nitrogens with zero attached hydrogens (tertiary/aromatic N) is 2. The van der Waals surface area contributed by atoms with Crippen molar-refractivity contribution in [1.29, 1.82) is 0 Å². The molecule has 0 aliphatic heterocycles. The zero-order valence-corrected chi connectivity index (χ0v) is 12.0. The number of aromatic nitrogens is 1. The second-order valence-corrected chi connectivity index (χ2v) is 4.78. The Balaban J connectivity index is 2.06. The summed E-state index contributed by atoms with van der Waals surface area (Å²) in [6.45, 7) is 1.58. The van der Waals surface area contributed by atoms with Gasteiger partial charge >= 0.3 is 0 Å². The first kappa shape index (κ1) is 14.3. The standard InChI is InChI=1S/C17H20N2O/c1-19(2)13-14-20-17-9-4-3-7-15(17)10-11-16-8-5-6-12-18-16/h3-12H,13-14H2,1-2H3. The molecule has 0 bridgehead atoms. The second kappa shape index (κ2) is 7.46. The molecule has 0 spiro atoms. The van der Waals surface area contributed by atoms with Crippen LogP contribution in [-0.2, 0) is 0 Å². The number of pyridine rings is 1. The van der Waals surface area contributed by atoms with Gasteiger partial charge in [-0.2, -0.15) is 0 Å². The van der Waals surface area contributed by atoms with Crippen LogP contribution in [0.25, 0.3) is 12.2 Å². The Morgan fingerprint density at radius 3 is 2.60 bits per heavy atom. The molecule has 0 radical (unpaired) electrons. The van der Waals surface area contributed by atoms with E-state index in [9.17, 15) is 0 Å². The predicted molar refractivity (Wildman–Crippen MR) is 83.7 cm³/mol. The van der Waals surface area contributed by atoms with Crippen LogP contribution in [0.2, 0.25) is 0 Å². The molecule has 1 heterocycles. The molecule has 0 amide bonds. The SMILES string of the molecule is CN(C)CCOc1ccccc1C=Cc1ccccn1. The molecule has 0 saturated heterocycles. The van der Waals surface area contributed by atoms with Crippen LogP contribution in [0.3, 0.4) is 0 Å². The van der Waals surface area contributed by atoms with Gasteiger partial charge in [0, 0.05) is 18.3 Å². The Kier molecular flexibility index (Phi) is 5.33. The minimum Gasteiger partial charge on any atom is -0.492 e. The Hall–Kier alpha value is -2.13. The average Bonchev–Trinajstić information content (AvgIpc) is 2.47. The molecule has 2 aromatic rings. The van der Waals surface area contributed by atoms with E-state index in [0.717, 1.165) is 23.6 Å². The van der Waals surface area contributed by atoms with Gasteiger partial charge in [0.25, 0.3) is 0 Å². The summed E-state index contributed by atoms with van der Waals surface area (Å²) in [4.78, 5) is 6.38. The van der Waals surface area contributed by atoms with E-state index in [1.807, 2.05) is 68.7 Å². The summed E-state index contributed by atoms with van der Waals surface area (Å²) in [5, 5.41) is 0. The molecule has 1 aromatic heterocycles. The van der Waals surface area contributed by atoms with Gasteiger partial charge in [0.2, 0.25) is 0 Å². The highest BCUT2D eigenvalue weighted by Gasteiger charge is 2.00. The van der Waals surface area contributed by atoms with Crippen LogP contribution in [0.1, 0.15) is 11.3 Å². The molecule has 0 aliphatic rings. The van der Waals surface area contributed by atoms with Gasteiger partial charge in [-0.05, 0) is 44.4 Å². The Morgan fingerprint density at radius 1 is 1.05 bits per heavy atom. The fourth-order valence-corrected chi connectivity index (χ4v) is 1.74. The van der Waals surface area contributed by atoms with Crippen LogP contribution in [-0.4, -0.2) is 37.1 Å². The van der Waals surface area contributed by atoms with Crippen LogP contribution in [0.5, 0.6) is 5.75 Å². The molecule has 0 atom stereocenters. The lowest BCUT2D eigenvalue weighted by molar-refractivity contribution is 0.261. The van der Waals surface area contributed by atoms with Crippen molar-refractivity contribution < 1.29 is 4.74 Å². The van der Waals surface area contributed by atoms with Gasteiger partial charge in [-0.25, -0.2) is 0 Å². The molecule has 0 aliphatic carbocycles. The zero-order chi connectivity index (χ0) is 14.2. The van der Waals surface area contributed by atoms with Gasteiger partial charge in [0.1, 0.15) is 12.4 Å². The van der Waals surface area contributed by atoms with Crippen molar-refractivity contribution in [2.24, 2.45) is 0 Å². The van der Waals surface area contributed by atoms with E-state index < -0.39 is 0 Å². The van der Waals surface area contributed by atoms with E-state index >= 15 is 0 Å². The smallest absolute Gasteiger partial charge is 0.126 e.